The van der Waals surface area contributed by atoms with E-state index in [0.29, 0.717) is 10.9 Å². The van der Waals surface area contributed by atoms with Gasteiger partial charge in [-0.2, -0.15) is 0 Å². The Kier molecular flexibility index (Phi) is 4.85. The number of aromatic nitrogens is 2. The molecule has 25 heavy (non-hydrogen) atoms. The number of nitrogens with one attached hydrogen (secondary N) is 2. The summed E-state index contributed by atoms with van der Waals surface area (Å²) >= 11 is 17.7. The molecule has 0 aliphatic heterocycles. The summed E-state index contributed by atoms with van der Waals surface area (Å²) in [6.07, 6.45) is 0. The maximum Gasteiger partial charge on any atom is 0.329 e. The minimum Gasteiger partial charge on any atom is -0.323 e. The Morgan fingerprint density at radius 3 is 2.48 bits per heavy atom. The summed E-state index contributed by atoms with van der Waals surface area (Å²) < 4.78 is 0.809. The van der Waals surface area contributed by atoms with E-state index < -0.39 is 23.7 Å². The highest BCUT2D eigenvalue weighted by Gasteiger charge is 2.13. The second-order valence-corrected chi connectivity index (χ2v) is 6.38. The summed E-state index contributed by atoms with van der Waals surface area (Å²) in [6, 6.07) is 9.31. The van der Waals surface area contributed by atoms with Gasteiger partial charge in [0.15, 0.2) is 0 Å². The Morgan fingerprint density at radius 2 is 1.72 bits per heavy atom. The van der Waals surface area contributed by atoms with Crippen LogP contribution in [0.25, 0.3) is 10.9 Å². The third-order valence-corrected chi connectivity index (χ3v) is 4.51. The van der Waals surface area contributed by atoms with Crippen molar-refractivity contribution in [2.75, 3.05) is 5.32 Å². The fourth-order valence-corrected chi connectivity index (χ4v) is 2.89. The number of fused-ring (bicyclic) bond motifs is 1. The fourth-order valence-electron chi connectivity index (χ4n) is 2.29. The number of carbonyl (C=O) groups is 1. The lowest BCUT2D eigenvalue weighted by Gasteiger charge is -2.10. The highest BCUT2D eigenvalue weighted by molar-refractivity contribution is 6.44. The number of nitrogens with zero attached hydrogens (tertiary/aromatic N) is 1. The van der Waals surface area contributed by atoms with Crippen LogP contribution in [0.4, 0.5) is 5.69 Å². The van der Waals surface area contributed by atoms with E-state index in [4.69, 9.17) is 34.8 Å². The number of anilines is 1. The molecule has 2 N–H and O–H groups in total. The van der Waals surface area contributed by atoms with Gasteiger partial charge in [-0.15, -0.1) is 0 Å². The molecule has 0 saturated heterocycles. The molecule has 9 heteroatoms. The SMILES string of the molecule is O=C(Cn1c(=O)[nH]c2ccccc2c1=O)Nc1cc(Cl)c(Cl)cc1Cl. The van der Waals surface area contributed by atoms with Crippen LogP contribution in [0, 0.1) is 0 Å². The van der Waals surface area contributed by atoms with E-state index in [1.807, 2.05) is 0 Å². The molecule has 1 amide bonds. The van der Waals surface area contributed by atoms with E-state index in [1.54, 1.807) is 24.3 Å². The zero-order valence-electron chi connectivity index (χ0n) is 12.5. The van der Waals surface area contributed by atoms with Crippen LogP contribution >= 0.6 is 34.8 Å². The second-order valence-electron chi connectivity index (χ2n) is 5.16. The van der Waals surface area contributed by atoms with Gasteiger partial charge >= 0.3 is 5.69 Å². The van der Waals surface area contributed by atoms with Crippen molar-refractivity contribution in [3.8, 4) is 0 Å². The van der Waals surface area contributed by atoms with Gasteiger partial charge in [0.25, 0.3) is 5.56 Å². The first kappa shape index (κ1) is 17.5. The molecule has 0 bridgehead atoms. The van der Waals surface area contributed by atoms with Gasteiger partial charge in [0, 0.05) is 0 Å². The number of benzene rings is 2. The maximum absolute atomic E-state index is 12.4. The number of aromatic amines is 1. The molecule has 0 fully saturated rings. The molecule has 6 nitrogen and oxygen atoms in total. The van der Waals surface area contributed by atoms with Crippen LogP contribution in [0.15, 0.2) is 46.0 Å². The van der Waals surface area contributed by atoms with Crippen molar-refractivity contribution < 1.29 is 4.79 Å². The van der Waals surface area contributed by atoms with Crippen LogP contribution in [0.2, 0.25) is 15.1 Å². The molecule has 0 spiro atoms. The van der Waals surface area contributed by atoms with E-state index in [0.717, 1.165) is 4.57 Å². The Morgan fingerprint density at radius 1 is 1.04 bits per heavy atom. The van der Waals surface area contributed by atoms with Crippen molar-refractivity contribution in [2.24, 2.45) is 0 Å². The lowest BCUT2D eigenvalue weighted by molar-refractivity contribution is -0.116. The van der Waals surface area contributed by atoms with Crippen molar-refractivity contribution in [1.29, 1.82) is 0 Å². The Bertz CT molecular complexity index is 1110. The molecular weight excluding hydrogens is 389 g/mol. The number of amides is 1. The first-order chi connectivity index (χ1) is 11.9. The van der Waals surface area contributed by atoms with Crippen molar-refractivity contribution in [2.45, 2.75) is 6.54 Å². The zero-order valence-corrected chi connectivity index (χ0v) is 14.7. The van der Waals surface area contributed by atoms with Crippen molar-refractivity contribution in [1.82, 2.24) is 9.55 Å². The van der Waals surface area contributed by atoms with Gasteiger partial charge in [0.2, 0.25) is 5.91 Å². The maximum atomic E-state index is 12.4. The van der Waals surface area contributed by atoms with Gasteiger partial charge in [-0.25, -0.2) is 4.79 Å². The Balaban J connectivity index is 1.92. The Hall–Kier alpha value is -2.28. The second kappa shape index (κ2) is 6.92. The number of hydrogen-bond donors (Lipinski definition) is 2. The summed E-state index contributed by atoms with van der Waals surface area (Å²) in [7, 11) is 0. The van der Waals surface area contributed by atoms with Crippen LogP contribution in [-0.2, 0) is 11.3 Å². The molecular formula is C16H10Cl3N3O3. The number of H-pyrrole nitrogens is 1. The number of halogens is 3. The van der Waals surface area contributed by atoms with E-state index in [9.17, 15) is 14.4 Å². The average molecular weight is 399 g/mol. The van der Waals surface area contributed by atoms with Crippen molar-refractivity contribution in [3.63, 3.8) is 0 Å². The Labute approximate surface area is 155 Å². The first-order valence-electron chi connectivity index (χ1n) is 7.03. The third kappa shape index (κ3) is 3.56. The van der Waals surface area contributed by atoms with Gasteiger partial charge in [-0.1, -0.05) is 46.9 Å². The molecule has 0 unspecified atom stereocenters. The van der Waals surface area contributed by atoms with E-state index in [2.05, 4.69) is 10.3 Å². The molecule has 0 saturated carbocycles. The summed E-state index contributed by atoms with van der Waals surface area (Å²) in [6.45, 7) is -0.477. The van der Waals surface area contributed by atoms with Crippen molar-refractivity contribution >= 4 is 57.3 Å². The van der Waals surface area contributed by atoms with Gasteiger partial charge in [-0.05, 0) is 24.3 Å². The minimum absolute atomic E-state index is 0.183. The van der Waals surface area contributed by atoms with Crippen LogP contribution in [-0.4, -0.2) is 15.5 Å². The molecule has 3 aromatic rings. The van der Waals surface area contributed by atoms with E-state index in [1.165, 1.54) is 12.1 Å². The topological polar surface area (TPSA) is 84.0 Å². The molecule has 0 radical (unpaired) electrons. The predicted octanol–water partition coefficient (Wildman–Crippen LogP) is 3.29. The summed E-state index contributed by atoms with van der Waals surface area (Å²) in [4.78, 5) is 39.2. The van der Waals surface area contributed by atoms with E-state index >= 15 is 0 Å². The zero-order chi connectivity index (χ0) is 18.1. The van der Waals surface area contributed by atoms with Crippen LogP contribution in [0.3, 0.4) is 0 Å². The lowest BCUT2D eigenvalue weighted by atomic mass is 10.2. The first-order valence-corrected chi connectivity index (χ1v) is 8.16. The van der Waals surface area contributed by atoms with Crippen LogP contribution < -0.4 is 16.6 Å². The van der Waals surface area contributed by atoms with Crippen molar-refractivity contribution in [3.05, 3.63) is 72.3 Å². The standard InChI is InChI=1S/C16H10Cl3N3O3/c17-9-5-11(19)13(6-10(9)18)20-14(23)7-22-15(24)8-3-1-2-4-12(8)21-16(22)25/h1-6H,7H2,(H,20,23)(H,21,25). The molecule has 1 aromatic heterocycles. The smallest absolute Gasteiger partial charge is 0.323 e. The average Bonchev–Trinajstić information content (AvgIpc) is 2.56. The number of carbonyl (C=O) groups excluding carboxylic acids is 1. The van der Waals surface area contributed by atoms with E-state index in [-0.39, 0.29) is 20.8 Å². The lowest BCUT2D eigenvalue weighted by Crippen LogP contribution is -2.38. The molecule has 1 heterocycles. The molecule has 2 aromatic carbocycles. The monoisotopic (exact) mass is 397 g/mol. The number of para-hydroxylation sites is 1. The van der Waals surface area contributed by atoms with Gasteiger partial charge < -0.3 is 10.3 Å². The van der Waals surface area contributed by atoms with Crippen LogP contribution in [0.1, 0.15) is 0 Å². The normalized spacial score (nSPS) is 10.8. The largest absolute Gasteiger partial charge is 0.329 e. The molecule has 3 rings (SSSR count). The number of rotatable bonds is 3. The van der Waals surface area contributed by atoms with Gasteiger partial charge in [0.05, 0.1) is 31.7 Å². The molecule has 0 atom stereocenters. The quantitative estimate of drug-likeness (QED) is 0.664. The highest BCUT2D eigenvalue weighted by atomic mass is 35.5. The molecule has 0 aliphatic rings. The van der Waals surface area contributed by atoms with Gasteiger partial charge in [-0.3, -0.25) is 14.2 Å². The summed E-state index contributed by atoms with van der Waals surface area (Å²) in [5.74, 6) is -0.608. The molecule has 0 aliphatic carbocycles. The predicted molar refractivity (Wildman–Crippen MR) is 98.9 cm³/mol. The summed E-state index contributed by atoms with van der Waals surface area (Å²) in [5, 5.41) is 3.45. The minimum atomic E-state index is -0.681. The highest BCUT2D eigenvalue weighted by Crippen LogP contribution is 2.32. The molecule has 128 valence electrons. The fraction of sp³-hybridized carbons (Fsp3) is 0.0625. The third-order valence-electron chi connectivity index (χ3n) is 3.48. The van der Waals surface area contributed by atoms with Crippen LogP contribution in [0.5, 0.6) is 0 Å². The van der Waals surface area contributed by atoms with Gasteiger partial charge in [0.1, 0.15) is 6.54 Å². The number of hydrogen-bond acceptors (Lipinski definition) is 3. The summed E-state index contributed by atoms with van der Waals surface area (Å²) in [5.41, 5.74) is -0.609.